The van der Waals surface area contributed by atoms with Gasteiger partial charge in [0.1, 0.15) is 0 Å². The molecule has 0 atom stereocenters. The third-order valence-corrected chi connectivity index (χ3v) is 2.80. The van der Waals surface area contributed by atoms with Gasteiger partial charge in [0.25, 0.3) is 0 Å². The molecule has 0 unspecified atom stereocenters. The van der Waals surface area contributed by atoms with E-state index >= 15 is 0 Å². The Bertz CT molecular complexity index is 399. The maximum atomic E-state index is 3.12. The topological polar surface area (TPSA) is 0 Å². The molecule has 0 saturated carbocycles. The molecule has 0 nitrogen and oxygen atoms in total. The standard InChI is InChI=1S/C12H11S/c1-9-3-4-10(2)12(7-9)11-5-6-13-8-11/h3-5,7-8H,1-2H3. The Morgan fingerprint density at radius 1 is 1.23 bits per heavy atom. The van der Waals surface area contributed by atoms with Crippen molar-refractivity contribution < 1.29 is 0 Å². The van der Waals surface area contributed by atoms with Crippen molar-refractivity contribution >= 4 is 11.3 Å². The van der Waals surface area contributed by atoms with Crippen LogP contribution in [0.3, 0.4) is 0 Å². The molecule has 0 aliphatic carbocycles. The zero-order valence-corrected chi connectivity index (χ0v) is 8.61. The van der Waals surface area contributed by atoms with Gasteiger partial charge in [-0.05, 0) is 42.0 Å². The number of benzene rings is 1. The normalized spacial score (nSPS) is 10.3. The second-order valence-corrected chi connectivity index (χ2v) is 3.98. The number of rotatable bonds is 1. The summed E-state index contributed by atoms with van der Waals surface area (Å²) in [6.45, 7) is 4.27. The molecule has 0 aliphatic heterocycles. The minimum absolute atomic E-state index is 1.28. The first kappa shape index (κ1) is 8.52. The lowest BCUT2D eigenvalue weighted by Gasteiger charge is -2.04. The molecule has 2 aromatic rings. The van der Waals surface area contributed by atoms with E-state index < -0.39 is 0 Å². The van der Waals surface area contributed by atoms with Gasteiger partial charge in [-0.3, -0.25) is 0 Å². The molecular weight excluding hydrogens is 176 g/mol. The summed E-state index contributed by atoms with van der Waals surface area (Å²) in [5, 5.41) is 5.26. The molecule has 1 aromatic heterocycles. The van der Waals surface area contributed by atoms with Gasteiger partial charge >= 0.3 is 0 Å². The number of aryl methyl sites for hydroxylation is 2. The summed E-state index contributed by atoms with van der Waals surface area (Å²) < 4.78 is 0. The predicted octanol–water partition coefficient (Wildman–Crippen LogP) is 3.83. The van der Waals surface area contributed by atoms with E-state index in [4.69, 9.17) is 0 Å². The molecule has 2 rings (SSSR count). The van der Waals surface area contributed by atoms with Gasteiger partial charge in [-0.15, -0.1) is 11.3 Å². The molecule has 1 radical (unpaired) electrons. The van der Waals surface area contributed by atoms with Crippen molar-refractivity contribution in [1.29, 1.82) is 0 Å². The first-order chi connectivity index (χ1) is 6.27. The summed E-state index contributed by atoms with van der Waals surface area (Å²) in [6.07, 6.45) is 0. The average molecular weight is 187 g/mol. The van der Waals surface area contributed by atoms with Crippen LogP contribution in [0.5, 0.6) is 0 Å². The summed E-state index contributed by atoms with van der Waals surface area (Å²) >= 11 is 1.62. The minimum atomic E-state index is 1.28. The van der Waals surface area contributed by atoms with Crippen LogP contribution in [-0.4, -0.2) is 0 Å². The van der Waals surface area contributed by atoms with Crippen molar-refractivity contribution in [3.05, 3.63) is 46.2 Å². The smallest absolute Gasteiger partial charge is 0.0449 e. The number of hydrogen-bond donors (Lipinski definition) is 0. The first-order valence-corrected chi connectivity index (χ1v) is 5.17. The second kappa shape index (κ2) is 3.35. The molecule has 0 spiro atoms. The highest BCUT2D eigenvalue weighted by atomic mass is 32.1. The Labute approximate surface area is 82.9 Å². The molecule has 0 amide bonds. The summed E-state index contributed by atoms with van der Waals surface area (Å²) in [7, 11) is 0. The maximum absolute atomic E-state index is 3.12. The van der Waals surface area contributed by atoms with Crippen LogP contribution in [0.2, 0.25) is 0 Å². The van der Waals surface area contributed by atoms with E-state index in [0.29, 0.717) is 0 Å². The number of thiophene rings is 1. The summed E-state index contributed by atoms with van der Waals surface area (Å²) in [6, 6.07) is 8.59. The van der Waals surface area contributed by atoms with Crippen LogP contribution in [0.15, 0.2) is 29.6 Å². The fourth-order valence-corrected chi connectivity index (χ4v) is 2.00. The van der Waals surface area contributed by atoms with Gasteiger partial charge in [0.15, 0.2) is 0 Å². The van der Waals surface area contributed by atoms with E-state index in [1.165, 1.54) is 22.3 Å². The lowest BCUT2D eigenvalue weighted by molar-refractivity contribution is 1.40. The van der Waals surface area contributed by atoms with Gasteiger partial charge < -0.3 is 0 Å². The van der Waals surface area contributed by atoms with Crippen LogP contribution in [0, 0.1) is 19.2 Å². The zero-order valence-electron chi connectivity index (χ0n) is 7.79. The van der Waals surface area contributed by atoms with Crippen molar-refractivity contribution in [2.24, 2.45) is 0 Å². The van der Waals surface area contributed by atoms with Crippen molar-refractivity contribution in [3.63, 3.8) is 0 Å². The SMILES string of the molecule is Cc1ccc(C)c(-c2c[c]sc2)c1. The van der Waals surface area contributed by atoms with Gasteiger partial charge in [-0.25, -0.2) is 0 Å². The second-order valence-electron chi connectivity index (χ2n) is 3.27. The van der Waals surface area contributed by atoms with Gasteiger partial charge in [0.05, 0.1) is 0 Å². The first-order valence-electron chi connectivity index (χ1n) is 4.29. The van der Waals surface area contributed by atoms with E-state index in [1.807, 2.05) is 6.07 Å². The van der Waals surface area contributed by atoms with Gasteiger partial charge in [0.2, 0.25) is 0 Å². The van der Waals surface area contributed by atoms with Crippen molar-refractivity contribution in [2.45, 2.75) is 13.8 Å². The fraction of sp³-hybridized carbons (Fsp3) is 0.167. The average Bonchev–Trinajstić information content (AvgIpc) is 2.61. The third-order valence-electron chi connectivity index (χ3n) is 2.17. The third kappa shape index (κ3) is 1.65. The molecule has 0 fully saturated rings. The van der Waals surface area contributed by atoms with Crippen LogP contribution in [0.1, 0.15) is 11.1 Å². The quantitative estimate of drug-likeness (QED) is 0.636. The molecule has 1 aromatic carbocycles. The van der Waals surface area contributed by atoms with Gasteiger partial charge in [-0.1, -0.05) is 23.8 Å². The molecule has 0 N–H and O–H groups in total. The Hall–Kier alpha value is -1.08. The Morgan fingerprint density at radius 3 is 2.77 bits per heavy atom. The fourth-order valence-electron chi connectivity index (χ4n) is 1.42. The predicted molar refractivity (Wildman–Crippen MR) is 58.1 cm³/mol. The van der Waals surface area contributed by atoms with E-state index in [0.717, 1.165) is 0 Å². The largest absolute Gasteiger partial charge is 0.142 e. The highest BCUT2D eigenvalue weighted by Gasteiger charge is 2.01. The molecule has 1 heterocycles. The number of hydrogen-bond acceptors (Lipinski definition) is 1. The van der Waals surface area contributed by atoms with Gasteiger partial charge in [0, 0.05) is 5.38 Å². The lowest BCUT2D eigenvalue weighted by atomic mass is 10.0. The van der Waals surface area contributed by atoms with E-state index in [-0.39, 0.29) is 0 Å². The van der Waals surface area contributed by atoms with Crippen LogP contribution < -0.4 is 0 Å². The van der Waals surface area contributed by atoms with Gasteiger partial charge in [-0.2, -0.15) is 0 Å². The van der Waals surface area contributed by atoms with E-state index in [1.54, 1.807) is 11.3 Å². The molecule has 65 valence electrons. The highest BCUT2D eigenvalue weighted by Crippen LogP contribution is 2.25. The van der Waals surface area contributed by atoms with E-state index in [2.05, 4.69) is 42.8 Å². The Kier molecular flexibility index (Phi) is 2.19. The monoisotopic (exact) mass is 187 g/mol. The van der Waals surface area contributed by atoms with E-state index in [9.17, 15) is 0 Å². The molecule has 0 saturated heterocycles. The van der Waals surface area contributed by atoms with Crippen LogP contribution in [0.4, 0.5) is 0 Å². The summed E-state index contributed by atoms with van der Waals surface area (Å²) in [5.41, 5.74) is 5.26. The molecule has 0 aliphatic rings. The van der Waals surface area contributed by atoms with Crippen molar-refractivity contribution in [1.82, 2.24) is 0 Å². The summed E-state index contributed by atoms with van der Waals surface area (Å²) in [5.74, 6) is 0. The summed E-state index contributed by atoms with van der Waals surface area (Å²) in [4.78, 5) is 0. The molecule has 13 heavy (non-hydrogen) atoms. The maximum Gasteiger partial charge on any atom is 0.0449 e. The molecule has 0 bridgehead atoms. The van der Waals surface area contributed by atoms with Crippen LogP contribution in [0.25, 0.3) is 11.1 Å². The molecule has 1 heteroatoms. The lowest BCUT2D eigenvalue weighted by Crippen LogP contribution is -1.82. The van der Waals surface area contributed by atoms with Crippen molar-refractivity contribution in [2.75, 3.05) is 0 Å². The highest BCUT2D eigenvalue weighted by molar-refractivity contribution is 7.07. The van der Waals surface area contributed by atoms with Crippen LogP contribution in [-0.2, 0) is 0 Å². The minimum Gasteiger partial charge on any atom is -0.142 e. The Balaban J connectivity index is 2.57. The molecular formula is C12H11S. The Morgan fingerprint density at radius 2 is 2.08 bits per heavy atom. The zero-order chi connectivity index (χ0) is 9.26. The van der Waals surface area contributed by atoms with Crippen molar-refractivity contribution in [3.8, 4) is 11.1 Å². The van der Waals surface area contributed by atoms with Crippen LogP contribution >= 0.6 is 11.3 Å².